The van der Waals surface area contributed by atoms with Gasteiger partial charge < -0.3 is 9.88 Å². The third-order valence-electron chi connectivity index (χ3n) is 5.67. The molecule has 0 unspecified atom stereocenters. The Morgan fingerprint density at radius 1 is 1.00 bits per heavy atom. The second-order valence-corrected chi connectivity index (χ2v) is 8.01. The fourth-order valence-electron chi connectivity index (χ4n) is 3.90. The highest BCUT2D eigenvalue weighted by Gasteiger charge is 2.26. The van der Waals surface area contributed by atoms with Crippen molar-refractivity contribution in [3.05, 3.63) is 101 Å². The molecule has 0 aliphatic carbocycles. The summed E-state index contributed by atoms with van der Waals surface area (Å²) in [4.78, 5) is 26.6. The molecular formula is C25H20F2N6O2. The minimum Gasteiger partial charge on any atom is -0.322 e. The van der Waals surface area contributed by atoms with Gasteiger partial charge in [-0.2, -0.15) is 10.2 Å². The number of anilines is 1. The lowest BCUT2D eigenvalue weighted by atomic mass is 10.2. The number of nitrogens with one attached hydrogen (secondary N) is 1. The predicted molar refractivity (Wildman–Crippen MR) is 127 cm³/mol. The zero-order valence-corrected chi connectivity index (χ0v) is 18.8. The normalized spacial score (nSPS) is 12.1. The molecule has 5 rings (SSSR count). The van der Waals surface area contributed by atoms with Gasteiger partial charge in [0.05, 0.1) is 17.1 Å². The van der Waals surface area contributed by atoms with Gasteiger partial charge in [-0.15, -0.1) is 0 Å². The van der Waals surface area contributed by atoms with Crippen LogP contribution in [0.1, 0.15) is 18.7 Å². The molecule has 1 N–H and O–H groups in total. The quantitative estimate of drug-likeness (QED) is 0.415. The minimum absolute atomic E-state index is 0.272. The number of halogens is 2. The molecule has 1 atom stereocenters. The first-order chi connectivity index (χ1) is 16.8. The van der Waals surface area contributed by atoms with E-state index in [-0.39, 0.29) is 11.1 Å². The molecular weight excluding hydrogens is 454 g/mol. The Morgan fingerprint density at radius 3 is 2.43 bits per heavy atom. The van der Waals surface area contributed by atoms with E-state index in [0.717, 1.165) is 28.6 Å². The summed E-state index contributed by atoms with van der Waals surface area (Å²) >= 11 is 0. The topological polar surface area (TPSA) is 86.7 Å². The number of fused-ring (bicyclic) bond motifs is 1. The van der Waals surface area contributed by atoms with Crippen molar-refractivity contribution in [1.29, 1.82) is 0 Å². The van der Waals surface area contributed by atoms with Gasteiger partial charge in [0, 0.05) is 18.5 Å². The first-order valence-electron chi connectivity index (χ1n) is 10.8. The van der Waals surface area contributed by atoms with Crippen LogP contribution >= 0.6 is 0 Å². The molecule has 10 heteroatoms. The van der Waals surface area contributed by atoms with Crippen LogP contribution in [-0.2, 0) is 4.79 Å². The maximum absolute atomic E-state index is 14.0. The number of para-hydroxylation sites is 1. The molecule has 0 spiro atoms. The Hall–Kier alpha value is -4.60. The van der Waals surface area contributed by atoms with Gasteiger partial charge >= 0.3 is 0 Å². The summed E-state index contributed by atoms with van der Waals surface area (Å²) in [6.45, 7) is 3.15. The summed E-state index contributed by atoms with van der Waals surface area (Å²) in [5.41, 5.74) is 0.698. The molecule has 0 saturated heterocycles. The Balaban J connectivity index is 1.66. The number of hydrogen-bond acceptors (Lipinski definition) is 4. The molecule has 35 heavy (non-hydrogen) atoms. The lowest BCUT2D eigenvalue weighted by Gasteiger charge is -2.15. The molecule has 176 valence electrons. The fraction of sp³-hybridized carbons (Fsp3) is 0.120. The van der Waals surface area contributed by atoms with Crippen molar-refractivity contribution in [3.8, 4) is 11.5 Å². The maximum atomic E-state index is 14.0. The lowest BCUT2D eigenvalue weighted by Crippen LogP contribution is -2.34. The largest absolute Gasteiger partial charge is 0.322 e. The number of amides is 1. The first-order valence-corrected chi connectivity index (χ1v) is 10.8. The Kier molecular flexibility index (Phi) is 5.48. The van der Waals surface area contributed by atoms with E-state index in [9.17, 15) is 18.4 Å². The van der Waals surface area contributed by atoms with E-state index in [1.165, 1.54) is 6.92 Å². The third-order valence-corrected chi connectivity index (χ3v) is 5.67. The zero-order chi connectivity index (χ0) is 24.7. The number of rotatable bonds is 5. The van der Waals surface area contributed by atoms with Crippen molar-refractivity contribution in [2.24, 2.45) is 0 Å². The van der Waals surface area contributed by atoms with E-state index < -0.39 is 29.1 Å². The van der Waals surface area contributed by atoms with E-state index in [1.807, 2.05) is 42.5 Å². The van der Waals surface area contributed by atoms with Crippen LogP contribution in [0, 0.1) is 18.6 Å². The van der Waals surface area contributed by atoms with E-state index in [1.54, 1.807) is 28.6 Å². The van der Waals surface area contributed by atoms with Crippen LogP contribution in [0.3, 0.4) is 0 Å². The molecule has 1 amide bonds. The molecule has 0 bridgehead atoms. The summed E-state index contributed by atoms with van der Waals surface area (Å²) in [5.74, 6) is -1.73. The molecule has 5 aromatic rings. The molecule has 0 radical (unpaired) electrons. The number of benzene rings is 2. The van der Waals surface area contributed by atoms with E-state index in [4.69, 9.17) is 0 Å². The van der Waals surface area contributed by atoms with E-state index in [2.05, 4.69) is 15.5 Å². The number of carbonyl (C=O) groups is 1. The van der Waals surface area contributed by atoms with Crippen LogP contribution in [0.5, 0.6) is 0 Å². The average molecular weight is 474 g/mol. The van der Waals surface area contributed by atoms with Crippen LogP contribution in [0.15, 0.2) is 77.9 Å². The Morgan fingerprint density at radius 2 is 1.71 bits per heavy atom. The second kappa shape index (κ2) is 8.64. The molecule has 0 aliphatic rings. The monoisotopic (exact) mass is 474 g/mol. The van der Waals surface area contributed by atoms with Crippen LogP contribution in [0.25, 0.3) is 22.4 Å². The van der Waals surface area contributed by atoms with Crippen molar-refractivity contribution in [3.63, 3.8) is 0 Å². The smallest absolute Gasteiger partial charge is 0.280 e. The van der Waals surface area contributed by atoms with Gasteiger partial charge in [0.25, 0.3) is 5.56 Å². The lowest BCUT2D eigenvalue weighted by molar-refractivity contribution is -0.119. The molecule has 0 saturated carbocycles. The van der Waals surface area contributed by atoms with Crippen molar-refractivity contribution in [1.82, 2.24) is 24.1 Å². The average Bonchev–Trinajstić information content (AvgIpc) is 3.52. The van der Waals surface area contributed by atoms with E-state index in [0.29, 0.717) is 17.0 Å². The summed E-state index contributed by atoms with van der Waals surface area (Å²) in [7, 11) is 0. The number of hydrogen-bond donors (Lipinski definition) is 1. The summed E-state index contributed by atoms with van der Waals surface area (Å²) in [6.07, 6.45) is 3.58. The zero-order valence-electron chi connectivity index (χ0n) is 18.8. The maximum Gasteiger partial charge on any atom is 0.280 e. The molecule has 3 aromatic heterocycles. The highest BCUT2D eigenvalue weighted by atomic mass is 19.1. The Bertz CT molecular complexity index is 1610. The first kappa shape index (κ1) is 22.2. The van der Waals surface area contributed by atoms with Crippen LogP contribution in [-0.4, -0.2) is 30.0 Å². The van der Waals surface area contributed by atoms with Crippen molar-refractivity contribution in [2.45, 2.75) is 19.9 Å². The van der Waals surface area contributed by atoms with Gasteiger partial charge in [-0.25, -0.2) is 18.1 Å². The standard InChI is InChI=1S/C25H20F2N6O2/c1-15-22-21(24(31-12-6-7-13-31)33(30-22)18-8-4-3-5-9-18)25(35)32(29-15)16(2)23(34)28-20-14-17(26)10-11-19(20)27/h3-14,16H,1-2H3,(H,28,34)/t16-/m1/s1. The number of carbonyl (C=O) groups excluding carboxylic acids is 1. The molecule has 2 aromatic carbocycles. The van der Waals surface area contributed by atoms with Gasteiger partial charge in [0.15, 0.2) is 5.82 Å². The van der Waals surface area contributed by atoms with Crippen molar-refractivity contribution < 1.29 is 13.6 Å². The second-order valence-electron chi connectivity index (χ2n) is 8.01. The molecule has 0 aliphatic heterocycles. The summed E-state index contributed by atoms with van der Waals surface area (Å²) in [6, 6.07) is 14.6. The van der Waals surface area contributed by atoms with Crippen molar-refractivity contribution >= 4 is 22.5 Å². The Labute approximate surface area is 198 Å². The third kappa shape index (κ3) is 3.88. The highest BCUT2D eigenvalue weighted by molar-refractivity contribution is 5.94. The van der Waals surface area contributed by atoms with Crippen LogP contribution < -0.4 is 10.9 Å². The minimum atomic E-state index is -1.12. The molecule has 3 heterocycles. The van der Waals surface area contributed by atoms with Gasteiger partial charge in [-0.1, -0.05) is 18.2 Å². The van der Waals surface area contributed by atoms with Crippen LogP contribution in [0.4, 0.5) is 14.5 Å². The predicted octanol–water partition coefficient (Wildman–Crippen LogP) is 4.16. The number of aryl methyl sites for hydroxylation is 1. The molecule has 8 nitrogen and oxygen atoms in total. The van der Waals surface area contributed by atoms with Gasteiger partial charge in [-0.05, 0) is 50.2 Å². The summed E-state index contributed by atoms with van der Waals surface area (Å²) < 4.78 is 32.0. The van der Waals surface area contributed by atoms with Gasteiger partial charge in [0.2, 0.25) is 5.91 Å². The van der Waals surface area contributed by atoms with Crippen molar-refractivity contribution in [2.75, 3.05) is 5.32 Å². The molecule has 0 fully saturated rings. The van der Waals surface area contributed by atoms with Gasteiger partial charge in [-0.3, -0.25) is 9.59 Å². The number of aromatic nitrogens is 5. The van der Waals surface area contributed by atoms with Crippen LogP contribution in [0.2, 0.25) is 0 Å². The fourth-order valence-corrected chi connectivity index (χ4v) is 3.90. The van der Waals surface area contributed by atoms with Gasteiger partial charge in [0.1, 0.15) is 28.6 Å². The highest BCUT2D eigenvalue weighted by Crippen LogP contribution is 2.25. The summed E-state index contributed by atoms with van der Waals surface area (Å²) in [5, 5.41) is 11.6. The SMILES string of the molecule is Cc1nn([C@H](C)C(=O)Nc2cc(F)ccc2F)c(=O)c2c(-n3cccc3)n(-c3ccccc3)nc12. The number of nitrogens with zero attached hydrogens (tertiary/aromatic N) is 5. The van der Waals surface area contributed by atoms with E-state index >= 15 is 0 Å².